The number of aryl methyl sites for hydroxylation is 2. The summed E-state index contributed by atoms with van der Waals surface area (Å²) in [7, 11) is 0. The van der Waals surface area contributed by atoms with Crippen LogP contribution in [0.5, 0.6) is 0 Å². The molecule has 0 radical (unpaired) electrons. The molecule has 0 spiro atoms. The minimum Gasteiger partial charge on any atom is -0.0726 e. The standard InChI is InChI=1S/C28H36/c1-18(2)7-6-8-19(3)9-12-22-16-25-21(5)11-14-24-23-13-10-20(4)15-26(23)27(17-22)28(24)25/h10-11,13-15,17-19,22H,6-9,12,16H2,1-5H3. The average Bonchev–Trinajstić information content (AvgIpc) is 2.96. The first kappa shape index (κ1) is 19.5. The third-order valence-corrected chi connectivity index (χ3v) is 6.95. The van der Waals surface area contributed by atoms with Crippen molar-refractivity contribution in [1.82, 2.24) is 0 Å². The first-order valence-electron chi connectivity index (χ1n) is 11.4. The van der Waals surface area contributed by atoms with E-state index in [0.29, 0.717) is 5.92 Å². The Morgan fingerprint density at radius 2 is 1.68 bits per heavy atom. The molecule has 0 aromatic heterocycles. The summed E-state index contributed by atoms with van der Waals surface area (Å²) in [6.07, 6.45) is 10.7. The maximum absolute atomic E-state index is 2.62. The van der Waals surface area contributed by atoms with E-state index in [1.165, 1.54) is 71.9 Å². The molecule has 2 atom stereocenters. The molecule has 2 aliphatic rings. The molecule has 0 nitrogen and oxygen atoms in total. The molecule has 0 aliphatic heterocycles. The van der Waals surface area contributed by atoms with E-state index in [1.54, 1.807) is 11.1 Å². The summed E-state index contributed by atoms with van der Waals surface area (Å²) in [5.74, 6) is 2.38. The lowest BCUT2D eigenvalue weighted by Gasteiger charge is -2.25. The minimum absolute atomic E-state index is 0.690. The van der Waals surface area contributed by atoms with Crippen LogP contribution in [0.3, 0.4) is 0 Å². The van der Waals surface area contributed by atoms with E-state index >= 15 is 0 Å². The fraction of sp³-hybridized carbons (Fsp3) is 0.500. The van der Waals surface area contributed by atoms with E-state index in [-0.39, 0.29) is 0 Å². The van der Waals surface area contributed by atoms with Gasteiger partial charge in [-0.3, -0.25) is 0 Å². The van der Waals surface area contributed by atoms with Gasteiger partial charge in [0.05, 0.1) is 0 Å². The highest BCUT2D eigenvalue weighted by molar-refractivity contribution is 6.03. The molecule has 0 saturated carbocycles. The van der Waals surface area contributed by atoms with Gasteiger partial charge in [-0.15, -0.1) is 0 Å². The Labute approximate surface area is 172 Å². The van der Waals surface area contributed by atoms with E-state index in [2.05, 4.69) is 71.0 Å². The van der Waals surface area contributed by atoms with Gasteiger partial charge in [-0.05, 0) is 83.4 Å². The maximum Gasteiger partial charge on any atom is -0.00671 e. The van der Waals surface area contributed by atoms with Crippen LogP contribution >= 0.6 is 0 Å². The molecule has 2 aromatic carbocycles. The number of benzene rings is 2. The van der Waals surface area contributed by atoms with Crippen LogP contribution in [0.1, 0.15) is 80.7 Å². The topological polar surface area (TPSA) is 0 Å². The highest BCUT2D eigenvalue weighted by Crippen LogP contribution is 2.50. The molecular weight excluding hydrogens is 336 g/mol. The molecule has 2 aromatic rings. The van der Waals surface area contributed by atoms with Gasteiger partial charge in [0.15, 0.2) is 0 Å². The lowest BCUT2D eigenvalue weighted by Crippen LogP contribution is -2.12. The SMILES string of the molecule is Cc1ccc2c(c1)C1=CC(CCC(C)CCCC(C)C)Cc3c(C)ccc-2c31. The largest absolute Gasteiger partial charge is 0.0726 e. The molecule has 2 aliphatic carbocycles. The fourth-order valence-electron chi connectivity index (χ4n) is 5.23. The highest BCUT2D eigenvalue weighted by Gasteiger charge is 2.31. The number of hydrogen-bond acceptors (Lipinski definition) is 0. The van der Waals surface area contributed by atoms with Crippen LogP contribution in [-0.2, 0) is 6.42 Å². The summed E-state index contributed by atoms with van der Waals surface area (Å²) in [5, 5.41) is 0. The Kier molecular flexibility index (Phi) is 5.50. The van der Waals surface area contributed by atoms with Crippen LogP contribution in [0.15, 0.2) is 36.4 Å². The zero-order chi connectivity index (χ0) is 19.8. The van der Waals surface area contributed by atoms with Crippen molar-refractivity contribution in [2.75, 3.05) is 0 Å². The predicted octanol–water partition coefficient (Wildman–Crippen LogP) is 8.13. The van der Waals surface area contributed by atoms with Crippen molar-refractivity contribution in [2.45, 2.75) is 73.1 Å². The van der Waals surface area contributed by atoms with Crippen molar-refractivity contribution in [3.05, 3.63) is 64.2 Å². The van der Waals surface area contributed by atoms with E-state index in [4.69, 9.17) is 0 Å². The summed E-state index contributed by atoms with van der Waals surface area (Å²) >= 11 is 0. The Morgan fingerprint density at radius 3 is 2.46 bits per heavy atom. The Balaban J connectivity index is 1.55. The summed E-state index contributed by atoms with van der Waals surface area (Å²) in [4.78, 5) is 0. The van der Waals surface area contributed by atoms with Crippen molar-refractivity contribution < 1.29 is 0 Å². The van der Waals surface area contributed by atoms with Gasteiger partial charge in [0, 0.05) is 0 Å². The molecule has 4 rings (SSSR count). The minimum atomic E-state index is 0.690. The second-order valence-corrected chi connectivity index (χ2v) is 9.88. The quantitative estimate of drug-likeness (QED) is 0.392. The molecule has 28 heavy (non-hydrogen) atoms. The summed E-state index contributed by atoms with van der Waals surface area (Å²) in [5.41, 5.74) is 11.9. The Morgan fingerprint density at radius 1 is 0.893 bits per heavy atom. The van der Waals surface area contributed by atoms with Crippen LogP contribution in [0.4, 0.5) is 0 Å². The van der Waals surface area contributed by atoms with Crippen LogP contribution in [0.2, 0.25) is 0 Å². The van der Waals surface area contributed by atoms with Gasteiger partial charge < -0.3 is 0 Å². The number of fused-ring (bicyclic) bond motifs is 3. The molecule has 0 heteroatoms. The number of hydrogen-bond donors (Lipinski definition) is 0. The third-order valence-electron chi connectivity index (χ3n) is 6.95. The average molecular weight is 373 g/mol. The van der Waals surface area contributed by atoms with Crippen molar-refractivity contribution in [3.8, 4) is 11.1 Å². The number of allylic oxidation sites excluding steroid dienone is 1. The molecule has 0 heterocycles. The fourth-order valence-corrected chi connectivity index (χ4v) is 5.23. The van der Waals surface area contributed by atoms with Gasteiger partial charge in [0.1, 0.15) is 0 Å². The highest BCUT2D eigenvalue weighted by atomic mass is 14.3. The molecule has 0 N–H and O–H groups in total. The Hall–Kier alpha value is -1.82. The molecule has 2 unspecified atom stereocenters. The second-order valence-electron chi connectivity index (χ2n) is 9.88. The molecule has 0 amide bonds. The first-order valence-corrected chi connectivity index (χ1v) is 11.4. The molecular formula is C28H36. The zero-order valence-corrected chi connectivity index (χ0v) is 18.4. The zero-order valence-electron chi connectivity index (χ0n) is 18.4. The number of rotatable bonds is 7. The van der Waals surface area contributed by atoms with Gasteiger partial charge >= 0.3 is 0 Å². The van der Waals surface area contributed by atoms with Crippen molar-refractivity contribution in [2.24, 2.45) is 17.8 Å². The molecule has 148 valence electrons. The van der Waals surface area contributed by atoms with E-state index in [1.807, 2.05) is 0 Å². The Bertz CT molecular complexity index is 896. The lowest BCUT2D eigenvalue weighted by atomic mass is 9.79. The normalized spacial score (nSPS) is 18.1. The van der Waals surface area contributed by atoms with Crippen molar-refractivity contribution >= 4 is 5.57 Å². The van der Waals surface area contributed by atoms with Crippen LogP contribution in [0, 0.1) is 31.6 Å². The molecule has 0 bridgehead atoms. The second kappa shape index (κ2) is 7.90. The first-order chi connectivity index (χ1) is 13.4. The summed E-state index contributed by atoms with van der Waals surface area (Å²) in [6, 6.07) is 11.7. The third kappa shape index (κ3) is 3.71. The maximum atomic E-state index is 2.62. The van der Waals surface area contributed by atoms with Crippen molar-refractivity contribution in [3.63, 3.8) is 0 Å². The van der Waals surface area contributed by atoms with Gasteiger partial charge in [-0.2, -0.15) is 0 Å². The van der Waals surface area contributed by atoms with Crippen LogP contribution in [-0.4, -0.2) is 0 Å². The summed E-state index contributed by atoms with van der Waals surface area (Å²) < 4.78 is 0. The van der Waals surface area contributed by atoms with E-state index < -0.39 is 0 Å². The monoisotopic (exact) mass is 372 g/mol. The van der Waals surface area contributed by atoms with Crippen molar-refractivity contribution in [1.29, 1.82) is 0 Å². The smallest absolute Gasteiger partial charge is 0.00671 e. The molecule has 0 saturated heterocycles. The van der Waals surface area contributed by atoms with Gasteiger partial charge in [-0.25, -0.2) is 0 Å². The summed E-state index contributed by atoms with van der Waals surface area (Å²) in [6.45, 7) is 11.7. The molecule has 0 fully saturated rings. The lowest BCUT2D eigenvalue weighted by molar-refractivity contribution is 0.401. The van der Waals surface area contributed by atoms with Gasteiger partial charge in [-0.1, -0.05) is 88.4 Å². The van der Waals surface area contributed by atoms with E-state index in [0.717, 1.165) is 11.8 Å². The van der Waals surface area contributed by atoms with Gasteiger partial charge in [0.25, 0.3) is 0 Å². The van der Waals surface area contributed by atoms with Crippen LogP contribution < -0.4 is 0 Å². The van der Waals surface area contributed by atoms with Gasteiger partial charge in [0.2, 0.25) is 0 Å². The van der Waals surface area contributed by atoms with Crippen LogP contribution in [0.25, 0.3) is 16.7 Å². The van der Waals surface area contributed by atoms with E-state index in [9.17, 15) is 0 Å². The predicted molar refractivity (Wildman–Crippen MR) is 123 cm³/mol.